The summed E-state index contributed by atoms with van der Waals surface area (Å²) in [7, 11) is 0. The van der Waals surface area contributed by atoms with E-state index in [1.54, 1.807) is 0 Å². The number of allylic oxidation sites excluding steroid dienone is 1. The molecule has 1 aliphatic heterocycles. The first-order valence-electron chi connectivity index (χ1n) is 7.37. The monoisotopic (exact) mass is 271 g/mol. The van der Waals surface area contributed by atoms with Gasteiger partial charge in [-0.1, -0.05) is 13.0 Å². The van der Waals surface area contributed by atoms with E-state index in [0.717, 1.165) is 45.9 Å². The molecule has 0 saturated carbocycles. The predicted molar refractivity (Wildman–Crippen MR) is 77.3 cm³/mol. The van der Waals surface area contributed by atoms with Gasteiger partial charge in [0.15, 0.2) is 0 Å². The molecule has 2 atom stereocenters. The van der Waals surface area contributed by atoms with E-state index in [-0.39, 0.29) is 12.7 Å². The number of aliphatic hydroxyl groups excluding tert-OH is 1. The first-order chi connectivity index (χ1) is 9.19. The third-order valence-corrected chi connectivity index (χ3v) is 3.81. The van der Waals surface area contributed by atoms with Gasteiger partial charge in [-0.05, 0) is 31.8 Å². The molecule has 0 radical (unpaired) electrons. The Hall–Kier alpha value is -0.420. The highest BCUT2D eigenvalue weighted by Gasteiger charge is 2.16. The van der Waals surface area contributed by atoms with E-state index >= 15 is 0 Å². The summed E-state index contributed by atoms with van der Waals surface area (Å²) in [5.41, 5.74) is 1.29. The molecule has 1 fully saturated rings. The first kappa shape index (κ1) is 16.6. The molecule has 0 bridgehead atoms. The van der Waals surface area contributed by atoms with Crippen molar-refractivity contribution in [1.29, 1.82) is 0 Å². The number of rotatable bonds is 8. The van der Waals surface area contributed by atoms with E-state index in [1.165, 1.54) is 5.57 Å². The van der Waals surface area contributed by atoms with Gasteiger partial charge in [-0.2, -0.15) is 0 Å². The van der Waals surface area contributed by atoms with Gasteiger partial charge in [0.2, 0.25) is 0 Å². The minimum Gasteiger partial charge on any atom is -0.396 e. The number of aliphatic hydroxyl groups is 1. The summed E-state index contributed by atoms with van der Waals surface area (Å²) in [4.78, 5) is 2.38. The molecule has 0 aromatic rings. The maximum absolute atomic E-state index is 9.02. The SMILES string of the molecule is C/C=C(/C(C)CCO)[C@H](C)OCCN1CCOCC1. The quantitative estimate of drug-likeness (QED) is 0.682. The molecule has 4 heteroatoms. The van der Waals surface area contributed by atoms with Crippen LogP contribution in [0.2, 0.25) is 0 Å². The van der Waals surface area contributed by atoms with E-state index in [1.807, 2.05) is 6.92 Å². The summed E-state index contributed by atoms with van der Waals surface area (Å²) >= 11 is 0. The van der Waals surface area contributed by atoms with Gasteiger partial charge in [-0.3, -0.25) is 4.90 Å². The molecule has 0 spiro atoms. The van der Waals surface area contributed by atoms with Crippen LogP contribution in [0.1, 0.15) is 27.2 Å². The Morgan fingerprint density at radius 3 is 2.63 bits per heavy atom. The van der Waals surface area contributed by atoms with Gasteiger partial charge in [0.1, 0.15) is 0 Å². The van der Waals surface area contributed by atoms with Gasteiger partial charge >= 0.3 is 0 Å². The van der Waals surface area contributed by atoms with E-state index in [0.29, 0.717) is 5.92 Å². The fourth-order valence-corrected chi connectivity index (χ4v) is 2.56. The number of hydrogen-bond donors (Lipinski definition) is 1. The molecule has 0 aromatic heterocycles. The van der Waals surface area contributed by atoms with Crippen LogP contribution in [0.3, 0.4) is 0 Å². The standard InChI is InChI=1S/C15H29NO3/c1-4-15(13(2)5-9-17)14(3)19-12-8-16-6-10-18-11-7-16/h4,13-14,17H,5-12H2,1-3H3/b15-4-/t13?,14-/m0/s1. The van der Waals surface area contributed by atoms with Crippen LogP contribution >= 0.6 is 0 Å². The average molecular weight is 271 g/mol. The molecule has 0 aliphatic carbocycles. The van der Waals surface area contributed by atoms with Crippen LogP contribution in [-0.2, 0) is 9.47 Å². The molecule has 1 unspecified atom stereocenters. The van der Waals surface area contributed by atoms with Crippen LogP contribution in [0.15, 0.2) is 11.6 Å². The van der Waals surface area contributed by atoms with Gasteiger partial charge in [-0.25, -0.2) is 0 Å². The molecule has 1 rings (SSSR count). The van der Waals surface area contributed by atoms with Crippen LogP contribution < -0.4 is 0 Å². The van der Waals surface area contributed by atoms with Crippen molar-refractivity contribution in [2.45, 2.75) is 33.3 Å². The second-order valence-electron chi connectivity index (χ2n) is 5.17. The van der Waals surface area contributed by atoms with Crippen molar-refractivity contribution < 1.29 is 14.6 Å². The molecule has 1 aliphatic rings. The van der Waals surface area contributed by atoms with E-state index in [9.17, 15) is 0 Å². The predicted octanol–water partition coefficient (Wildman–Crippen LogP) is 1.69. The zero-order valence-electron chi connectivity index (χ0n) is 12.6. The Kier molecular flexibility index (Phi) is 8.30. The Morgan fingerprint density at radius 1 is 1.37 bits per heavy atom. The lowest BCUT2D eigenvalue weighted by Gasteiger charge is -2.28. The molecule has 4 nitrogen and oxygen atoms in total. The lowest BCUT2D eigenvalue weighted by atomic mass is 9.94. The van der Waals surface area contributed by atoms with Crippen molar-refractivity contribution in [3.05, 3.63) is 11.6 Å². The molecule has 1 heterocycles. The van der Waals surface area contributed by atoms with E-state index < -0.39 is 0 Å². The molecule has 112 valence electrons. The van der Waals surface area contributed by atoms with E-state index in [4.69, 9.17) is 14.6 Å². The molecule has 1 saturated heterocycles. The van der Waals surface area contributed by atoms with Crippen LogP contribution in [0, 0.1) is 5.92 Å². The normalized spacial score (nSPS) is 21.4. The second-order valence-corrected chi connectivity index (χ2v) is 5.17. The lowest BCUT2D eigenvalue weighted by molar-refractivity contribution is 0.0109. The second kappa shape index (κ2) is 9.48. The van der Waals surface area contributed by atoms with Crippen molar-refractivity contribution in [2.24, 2.45) is 5.92 Å². The van der Waals surface area contributed by atoms with Crippen molar-refractivity contribution in [2.75, 3.05) is 46.1 Å². The third-order valence-electron chi connectivity index (χ3n) is 3.81. The average Bonchev–Trinajstić information content (AvgIpc) is 2.41. The zero-order valence-corrected chi connectivity index (χ0v) is 12.6. The summed E-state index contributed by atoms with van der Waals surface area (Å²) in [6, 6.07) is 0. The van der Waals surface area contributed by atoms with Crippen molar-refractivity contribution in [3.63, 3.8) is 0 Å². The maximum Gasteiger partial charge on any atom is 0.0760 e. The van der Waals surface area contributed by atoms with Gasteiger partial charge in [-0.15, -0.1) is 0 Å². The highest BCUT2D eigenvalue weighted by atomic mass is 16.5. The van der Waals surface area contributed by atoms with Crippen molar-refractivity contribution in [1.82, 2.24) is 4.90 Å². The highest BCUT2D eigenvalue weighted by molar-refractivity contribution is 5.09. The highest BCUT2D eigenvalue weighted by Crippen LogP contribution is 2.20. The number of morpholine rings is 1. The largest absolute Gasteiger partial charge is 0.396 e. The molecule has 0 aromatic carbocycles. The lowest BCUT2D eigenvalue weighted by Crippen LogP contribution is -2.38. The molecular formula is C15H29NO3. The maximum atomic E-state index is 9.02. The molecule has 19 heavy (non-hydrogen) atoms. The van der Waals surface area contributed by atoms with Gasteiger partial charge < -0.3 is 14.6 Å². The van der Waals surface area contributed by atoms with Crippen molar-refractivity contribution in [3.8, 4) is 0 Å². The Morgan fingerprint density at radius 2 is 2.05 bits per heavy atom. The van der Waals surface area contributed by atoms with Crippen LogP contribution in [-0.4, -0.2) is 62.2 Å². The zero-order chi connectivity index (χ0) is 14.1. The Labute approximate surface area is 117 Å². The minimum atomic E-state index is 0.132. The third kappa shape index (κ3) is 6.04. The Bertz CT molecular complexity index is 262. The van der Waals surface area contributed by atoms with Gasteiger partial charge in [0.05, 0.1) is 25.9 Å². The summed E-state index contributed by atoms with van der Waals surface area (Å²) in [5.74, 6) is 0.383. The number of hydrogen-bond acceptors (Lipinski definition) is 4. The topological polar surface area (TPSA) is 41.9 Å². The Balaban J connectivity index is 2.26. The van der Waals surface area contributed by atoms with Crippen molar-refractivity contribution >= 4 is 0 Å². The van der Waals surface area contributed by atoms with Gasteiger partial charge in [0.25, 0.3) is 0 Å². The van der Waals surface area contributed by atoms with Gasteiger partial charge in [0, 0.05) is 26.2 Å². The first-order valence-corrected chi connectivity index (χ1v) is 7.37. The minimum absolute atomic E-state index is 0.132. The summed E-state index contributed by atoms with van der Waals surface area (Å²) < 4.78 is 11.3. The summed E-state index contributed by atoms with van der Waals surface area (Å²) in [5, 5.41) is 9.02. The summed E-state index contributed by atoms with van der Waals surface area (Å²) in [6.45, 7) is 11.9. The van der Waals surface area contributed by atoms with E-state index in [2.05, 4.69) is 24.8 Å². The smallest absolute Gasteiger partial charge is 0.0760 e. The molecule has 1 N–H and O–H groups in total. The fourth-order valence-electron chi connectivity index (χ4n) is 2.56. The number of ether oxygens (including phenoxy) is 2. The summed E-state index contributed by atoms with van der Waals surface area (Å²) in [6.07, 6.45) is 3.06. The van der Waals surface area contributed by atoms with Crippen LogP contribution in [0.5, 0.6) is 0 Å². The number of nitrogens with zero attached hydrogens (tertiary/aromatic N) is 1. The fraction of sp³-hybridized carbons (Fsp3) is 0.867. The molecule has 0 amide bonds. The van der Waals surface area contributed by atoms with Crippen LogP contribution in [0.25, 0.3) is 0 Å². The van der Waals surface area contributed by atoms with Crippen LogP contribution in [0.4, 0.5) is 0 Å². The molecular weight excluding hydrogens is 242 g/mol.